The van der Waals surface area contributed by atoms with Crippen molar-refractivity contribution >= 4 is 32.5 Å². The number of ether oxygens (including phenoxy) is 1. The van der Waals surface area contributed by atoms with Gasteiger partial charge in [-0.1, -0.05) is 62.3 Å². The number of esters is 1. The Hall–Kier alpha value is -1.65. The zero-order valence-electron chi connectivity index (χ0n) is 13.7. The molecule has 0 aliphatic rings. The Bertz CT molecular complexity index is 584. The molecule has 0 N–H and O–H groups in total. The first-order valence-electron chi connectivity index (χ1n) is 6.92. The zero-order valence-corrected chi connectivity index (χ0v) is 15.7. The number of rotatable bonds is 4. The monoisotopic (exact) mass is 317 g/mol. The number of carbonyl (C=O) groups is 1. The van der Waals surface area contributed by atoms with Crippen LogP contribution < -0.4 is 15.1 Å². The summed E-state index contributed by atoms with van der Waals surface area (Å²) in [6.45, 7) is 17.0. The molecule has 0 aliphatic carbocycles. The molecule has 1 rings (SSSR count). The third kappa shape index (κ3) is 4.69. The van der Waals surface area contributed by atoms with Crippen molar-refractivity contribution in [1.82, 2.24) is 0 Å². The van der Waals surface area contributed by atoms with Gasteiger partial charge in [0.15, 0.2) is 0 Å². The molecule has 0 saturated heterocycles. The molecule has 0 aromatic heterocycles. The van der Waals surface area contributed by atoms with Crippen LogP contribution in [0.5, 0.6) is 5.75 Å². The molecule has 3 nitrogen and oxygen atoms in total. The predicted molar refractivity (Wildman–Crippen MR) is 92.8 cm³/mol. The fraction of sp³-hybridized carbons (Fsp3) is 0.375. The van der Waals surface area contributed by atoms with E-state index in [0.717, 1.165) is 0 Å². The van der Waals surface area contributed by atoms with Gasteiger partial charge in [0.25, 0.3) is 0 Å². The highest BCUT2D eigenvalue weighted by Gasteiger charge is 2.24. The van der Waals surface area contributed by atoms with Crippen molar-refractivity contribution in [2.45, 2.75) is 39.3 Å². The van der Waals surface area contributed by atoms with E-state index in [4.69, 9.17) is 10.00 Å². The summed E-state index contributed by atoms with van der Waals surface area (Å²) in [5, 5.41) is 11.2. The Morgan fingerprint density at radius 1 is 1.05 bits per heavy atom. The van der Waals surface area contributed by atoms with Gasteiger partial charge in [0, 0.05) is 0 Å². The quantitative estimate of drug-likeness (QED) is 0.282. The molecule has 0 atom stereocenters. The van der Waals surface area contributed by atoms with Crippen LogP contribution in [0, 0.1) is 11.3 Å². The summed E-state index contributed by atoms with van der Waals surface area (Å²) in [6.07, 6.45) is 0. The van der Waals surface area contributed by atoms with Gasteiger partial charge in [-0.2, -0.15) is 5.26 Å². The van der Waals surface area contributed by atoms with Crippen LogP contribution in [0.1, 0.15) is 0 Å². The minimum absolute atomic E-state index is 0.178. The summed E-state index contributed by atoms with van der Waals surface area (Å²) >= 11 is 0. The van der Waals surface area contributed by atoms with E-state index in [0.29, 0.717) is 5.75 Å². The number of nitriles is 1. The fourth-order valence-corrected chi connectivity index (χ4v) is 4.21. The molecule has 0 spiro atoms. The first-order valence-corrected chi connectivity index (χ1v) is 13.9. The van der Waals surface area contributed by atoms with E-state index < -0.39 is 22.1 Å². The molecule has 0 saturated carbocycles. The maximum Gasteiger partial charge on any atom is 0.353 e. The average molecular weight is 318 g/mol. The molecule has 21 heavy (non-hydrogen) atoms. The van der Waals surface area contributed by atoms with Crippen LogP contribution in [-0.4, -0.2) is 22.1 Å². The molecule has 0 fully saturated rings. The molecule has 1 aromatic carbocycles. The van der Waals surface area contributed by atoms with E-state index in [2.05, 4.69) is 51.9 Å². The molecule has 0 unspecified atom stereocenters. The highest BCUT2D eigenvalue weighted by atomic mass is 28.3. The van der Waals surface area contributed by atoms with E-state index in [1.54, 1.807) is 6.07 Å². The predicted octanol–water partition coefficient (Wildman–Crippen LogP) is 2.76. The van der Waals surface area contributed by atoms with E-state index in [1.165, 1.54) is 10.4 Å². The molecular formula is C16H23NO2Si2. The Balaban J connectivity index is 3.30. The second kappa shape index (κ2) is 6.00. The molecule has 0 heterocycles. The number of benzene rings is 1. The van der Waals surface area contributed by atoms with E-state index >= 15 is 0 Å². The van der Waals surface area contributed by atoms with Gasteiger partial charge in [-0.05, 0) is 12.1 Å². The van der Waals surface area contributed by atoms with Gasteiger partial charge in [0.05, 0.1) is 16.1 Å². The van der Waals surface area contributed by atoms with Crippen molar-refractivity contribution in [1.29, 1.82) is 5.26 Å². The SMILES string of the molecule is C=C(C#N)C(=O)Oc1cc([Si](C)(C)C)cc([Si](C)(C)C)c1. The topological polar surface area (TPSA) is 50.1 Å². The Kier molecular flexibility index (Phi) is 4.97. The van der Waals surface area contributed by atoms with Crippen molar-refractivity contribution in [3.05, 3.63) is 30.4 Å². The van der Waals surface area contributed by atoms with E-state index in [9.17, 15) is 4.79 Å². The summed E-state index contributed by atoms with van der Waals surface area (Å²) in [4.78, 5) is 11.7. The Morgan fingerprint density at radius 3 is 1.81 bits per heavy atom. The highest BCUT2D eigenvalue weighted by Crippen LogP contribution is 2.15. The van der Waals surface area contributed by atoms with Crippen LogP contribution in [0.15, 0.2) is 30.4 Å². The maximum absolute atomic E-state index is 11.7. The van der Waals surface area contributed by atoms with Gasteiger partial charge in [0.2, 0.25) is 0 Å². The minimum atomic E-state index is -1.52. The average Bonchev–Trinajstić information content (AvgIpc) is 2.35. The lowest BCUT2D eigenvalue weighted by molar-refractivity contribution is -0.129. The Labute approximate surface area is 129 Å². The van der Waals surface area contributed by atoms with Crippen molar-refractivity contribution in [2.75, 3.05) is 0 Å². The molecule has 5 heteroatoms. The normalized spacial score (nSPS) is 11.7. The van der Waals surface area contributed by atoms with Crippen LogP contribution in [-0.2, 0) is 4.79 Å². The smallest absolute Gasteiger partial charge is 0.353 e. The molecule has 0 bridgehead atoms. The maximum atomic E-state index is 11.7. The molecule has 112 valence electrons. The third-order valence-electron chi connectivity index (χ3n) is 3.23. The summed E-state index contributed by atoms with van der Waals surface area (Å²) < 4.78 is 5.32. The van der Waals surface area contributed by atoms with E-state index in [-0.39, 0.29) is 5.57 Å². The fourth-order valence-electron chi connectivity index (χ4n) is 1.74. The van der Waals surface area contributed by atoms with Crippen molar-refractivity contribution in [3.8, 4) is 11.8 Å². The van der Waals surface area contributed by atoms with Gasteiger partial charge in [-0.25, -0.2) is 4.79 Å². The van der Waals surface area contributed by atoms with Gasteiger partial charge < -0.3 is 4.74 Å². The first-order chi connectivity index (χ1) is 9.45. The van der Waals surface area contributed by atoms with Crippen LogP contribution in [0.3, 0.4) is 0 Å². The Morgan fingerprint density at radius 2 is 1.48 bits per heavy atom. The van der Waals surface area contributed by atoms with Gasteiger partial charge >= 0.3 is 5.97 Å². The van der Waals surface area contributed by atoms with Crippen LogP contribution in [0.2, 0.25) is 39.3 Å². The summed E-state index contributed by atoms with van der Waals surface area (Å²) in [5.41, 5.74) is -0.178. The van der Waals surface area contributed by atoms with Crippen molar-refractivity contribution in [2.24, 2.45) is 0 Å². The van der Waals surface area contributed by atoms with Gasteiger partial charge in [0.1, 0.15) is 17.4 Å². The summed E-state index contributed by atoms with van der Waals surface area (Å²) in [7, 11) is -3.04. The van der Waals surface area contributed by atoms with Gasteiger partial charge in [-0.3, -0.25) is 0 Å². The largest absolute Gasteiger partial charge is 0.422 e. The number of carbonyl (C=O) groups excluding carboxylic acids is 1. The number of hydrogen-bond donors (Lipinski definition) is 0. The second-order valence-corrected chi connectivity index (χ2v) is 17.4. The summed E-state index contributed by atoms with van der Waals surface area (Å²) in [6, 6.07) is 7.84. The number of nitrogens with zero attached hydrogens (tertiary/aromatic N) is 1. The van der Waals surface area contributed by atoms with Gasteiger partial charge in [-0.15, -0.1) is 0 Å². The van der Waals surface area contributed by atoms with E-state index in [1.807, 2.05) is 12.1 Å². The second-order valence-electron chi connectivity index (χ2n) is 7.23. The lowest BCUT2D eigenvalue weighted by Crippen LogP contribution is -2.45. The number of hydrogen-bond acceptors (Lipinski definition) is 3. The van der Waals surface area contributed by atoms with Crippen LogP contribution >= 0.6 is 0 Å². The molecule has 0 amide bonds. The van der Waals surface area contributed by atoms with Crippen molar-refractivity contribution in [3.63, 3.8) is 0 Å². The standard InChI is InChI=1S/C16H23NO2Si2/c1-12(11-17)16(18)19-13-8-14(20(2,3)4)10-15(9-13)21(5,6)7/h8-10H,1H2,2-7H3. The third-order valence-corrected chi connectivity index (χ3v) is 7.27. The lowest BCUT2D eigenvalue weighted by Gasteiger charge is -2.23. The van der Waals surface area contributed by atoms with Crippen LogP contribution in [0.4, 0.5) is 0 Å². The lowest BCUT2D eigenvalue weighted by atomic mass is 10.3. The summed E-state index contributed by atoms with van der Waals surface area (Å²) in [5.74, 6) is -0.152. The molecule has 1 aromatic rings. The molecule has 0 aliphatic heterocycles. The van der Waals surface area contributed by atoms with Crippen molar-refractivity contribution < 1.29 is 9.53 Å². The highest BCUT2D eigenvalue weighted by molar-refractivity contribution is 6.91. The molecule has 0 radical (unpaired) electrons. The first kappa shape index (κ1) is 17.4. The minimum Gasteiger partial charge on any atom is -0.422 e. The molecular weight excluding hydrogens is 294 g/mol. The van der Waals surface area contributed by atoms with Crippen LogP contribution in [0.25, 0.3) is 0 Å². The zero-order chi connectivity index (χ0) is 16.4.